The van der Waals surface area contributed by atoms with E-state index < -0.39 is 5.97 Å². The number of amides is 1. The zero-order valence-corrected chi connectivity index (χ0v) is 12.5. The number of nitrogens with zero attached hydrogens (tertiary/aromatic N) is 1. The highest BCUT2D eigenvalue weighted by atomic mass is 127. The lowest BCUT2D eigenvalue weighted by Crippen LogP contribution is -2.23. The average Bonchev–Trinajstić information content (AvgIpc) is 2.46. The van der Waals surface area contributed by atoms with Gasteiger partial charge in [-0.15, -0.1) is 0 Å². The summed E-state index contributed by atoms with van der Waals surface area (Å²) >= 11 is 2.16. The minimum absolute atomic E-state index is 0.151. The monoisotopic (exact) mass is 382 g/mol. The Kier molecular flexibility index (Phi) is 4.67. The zero-order chi connectivity index (χ0) is 14.5. The standard InChI is InChI=1S/C14H11IN2O3/c15-11-3-1-9(2-4-11)13(18)17-8-12-7-10(14(19)20)5-6-16-12/h1-7H,8H2,(H,17,18)(H,19,20). The molecule has 2 N–H and O–H groups in total. The molecule has 1 heterocycles. The van der Waals surface area contributed by atoms with Crippen LogP contribution < -0.4 is 5.32 Å². The predicted molar refractivity (Wildman–Crippen MR) is 81.5 cm³/mol. The number of nitrogens with one attached hydrogen (secondary N) is 1. The molecule has 0 aliphatic carbocycles. The molecule has 1 amide bonds. The molecule has 0 saturated carbocycles. The van der Waals surface area contributed by atoms with E-state index in [-0.39, 0.29) is 18.0 Å². The molecule has 0 bridgehead atoms. The molecule has 0 aliphatic heterocycles. The van der Waals surface area contributed by atoms with Gasteiger partial charge in [0.05, 0.1) is 17.8 Å². The molecule has 102 valence electrons. The summed E-state index contributed by atoms with van der Waals surface area (Å²) in [7, 11) is 0. The van der Waals surface area contributed by atoms with E-state index in [0.717, 1.165) is 3.57 Å². The van der Waals surface area contributed by atoms with E-state index in [4.69, 9.17) is 5.11 Å². The van der Waals surface area contributed by atoms with E-state index in [1.165, 1.54) is 18.3 Å². The van der Waals surface area contributed by atoms with Crippen molar-refractivity contribution in [2.45, 2.75) is 6.54 Å². The Balaban J connectivity index is 2.01. The van der Waals surface area contributed by atoms with Crippen LogP contribution in [-0.2, 0) is 6.54 Å². The molecule has 0 unspecified atom stereocenters. The van der Waals surface area contributed by atoms with Gasteiger partial charge in [0.1, 0.15) is 0 Å². The van der Waals surface area contributed by atoms with Crippen LogP contribution in [0.15, 0.2) is 42.6 Å². The Morgan fingerprint density at radius 3 is 2.50 bits per heavy atom. The van der Waals surface area contributed by atoms with Gasteiger partial charge in [0.25, 0.3) is 5.91 Å². The number of hydrogen-bond donors (Lipinski definition) is 2. The summed E-state index contributed by atoms with van der Waals surface area (Å²) in [6, 6.07) is 10.0. The average molecular weight is 382 g/mol. The van der Waals surface area contributed by atoms with E-state index >= 15 is 0 Å². The zero-order valence-electron chi connectivity index (χ0n) is 10.3. The summed E-state index contributed by atoms with van der Waals surface area (Å²) < 4.78 is 1.05. The van der Waals surface area contributed by atoms with Gasteiger partial charge >= 0.3 is 5.97 Å². The number of carbonyl (C=O) groups excluding carboxylic acids is 1. The van der Waals surface area contributed by atoms with Crippen molar-refractivity contribution in [1.82, 2.24) is 10.3 Å². The van der Waals surface area contributed by atoms with Crippen molar-refractivity contribution in [3.8, 4) is 0 Å². The molecule has 2 aromatic rings. The Bertz CT molecular complexity index is 641. The summed E-state index contributed by atoms with van der Waals surface area (Å²) in [6.45, 7) is 0.186. The van der Waals surface area contributed by atoms with Crippen LogP contribution in [0.25, 0.3) is 0 Å². The molecule has 20 heavy (non-hydrogen) atoms. The van der Waals surface area contributed by atoms with E-state index in [1.54, 1.807) is 12.1 Å². The summed E-state index contributed by atoms with van der Waals surface area (Å²) in [4.78, 5) is 26.7. The number of halogens is 1. The second-order valence-electron chi connectivity index (χ2n) is 4.03. The molecule has 0 fully saturated rings. The minimum atomic E-state index is -1.02. The summed E-state index contributed by atoms with van der Waals surface area (Å²) in [5, 5.41) is 11.6. The predicted octanol–water partition coefficient (Wildman–Crippen LogP) is 2.31. The second-order valence-corrected chi connectivity index (χ2v) is 5.28. The third-order valence-electron chi connectivity index (χ3n) is 2.60. The first kappa shape index (κ1) is 14.4. The number of pyridine rings is 1. The van der Waals surface area contributed by atoms with E-state index in [1.807, 2.05) is 12.1 Å². The van der Waals surface area contributed by atoms with E-state index in [9.17, 15) is 9.59 Å². The topological polar surface area (TPSA) is 79.3 Å². The molecular weight excluding hydrogens is 371 g/mol. The van der Waals surface area contributed by atoms with E-state index in [2.05, 4.69) is 32.9 Å². The molecule has 6 heteroatoms. The highest BCUT2D eigenvalue weighted by Gasteiger charge is 2.07. The molecule has 1 aromatic heterocycles. The Morgan fingerprint density at radius 2 is 1.85 bits per heavy atom. The van der Waals surface area contributed by atoms with Crippen molar-refractivity contribution in [3.05, 3.63) is 63.0 Å². The van der Waals surface area contributed by atoms with Crippen LogP contribution in [0.3, 0.4) is 0 Å². The SMILES string of the molecule is O=C(O)c1ccnc(CNC(=O)c2ccc(I)cc2)c1. The number of carboxylic acid groups (broad SMARTS) is 1. The minimum Gasteiger partial charge on any atom is -0.478 e. The molecule has 0 aliphatic rings. The molecule has 0 radical (unpaired) electrons. The van der Waals surface area contributed by atoms with Gasteiger partial charge in [-0.2, -0.15) is 0 Å². The lowest BCUT2D eigenvalue weighted by atomic mass is 10.2. The van der Waals surface area contributed by atoms with Crippen molar-refractivity contribution >= 4 is 34.5 Å². The normalized spacial score (nSPS) is 10.1. The van der Waals surface area contributed by atoms with Crippen molar-refractivity contribution < 1.29 is 14.7 Å². The van der Waals surface area contributed by atoms with Crippen LogP contribution in [-0.4, -0.2) is 22.0 Å². The first-order valence-electron chi connectivity index (χ1n) is 5.78. The molecule has 5 nitrogen and oxygen atoms in total. The van der Waals surface area contributed by atoms with Gasteiger partial charge < -0.3 is 10.4 Å². The maximum absolute atomic E-state index is 11.9. The highest BCUT2D eigenvalue weighted by Crippen LogP contribution is 2.07. The smallest absolute Gasteiger partial charge is 0.335 e. The fraction of sp³-hybridized carbons (Fsp3) is 0.0714. The number of benzene rings is 1. The summed E-state index contributed by atoms with van der Waals surface area (Å²) in [6.07, 6.45) is 1.41. The number of carbonyl (C=O) groups is 2. The molecule has 0 atom stereocenters. The molecular formula is C14H11IN2O3. The van der Waals surface area contributed by atoms with Crippen LogP contribution in [0.1, 0.15) is 26.4 Å². The van der Waals surface area contributed by atoms with Crippen LogP contribution in [0, 0.1) is 3.57 Å². The van der Waals surface area contributed by atoms with Gasteiger partial charge in [-0.1, -0.05) is 0 Å². The van der Waals surface area contributed by atoms with Gasteiger partial charge in [-0.25, -0.2) is 4.79 Å². The Morgan fingerprint density at radius 1 is 1.15 bits per heavy atom. The third kappa shape index (κ3) is 3.77. The van der Waals surface area contributed by atoms with Crippen LogP contribution in [0.2, 0.25) is 0 Å². The van der Waals surface area contributed by atoms with Crippen LogP contribution in [0.4, 0.5) is 0 Å². The number of rotatable bonds is 4. The first-order chi connectivity index (χ1) is 9.56. The maximum Gasteiger partial charge on any atom is 0.335 e. The molecule has 1 aromatic carbocycles. The van der Waals surface area contributed by atoms with Crippen molar-refractivity contribution in [2.75, 3.05) is 0 Å². The summed E-state index contributed by atoms with van der Waals surface area (Å²) in [5.74, 6) is -1.23. The van der Waals surface area contributed by atoms with Crippen molar-refractivity contribution in [1.29, 1.82) is 0 Å². The van der Waals surface area contributed by atoms with Gasteiger partial charge in [0.2, 0.25) is 0 Å². The van der Waals surface area contributed by atoms with Gasteiger partial charge in [0.15, 0.2) is 0 Å². The van der Waals surface area contributed by atoms with Gasteiger partial charge in [-0.3, -0.25) is 9.78 Å². The largest absolute Gasteiger partial charge is 0.478 e. The second kappa shape index (κ2) is 6.47. The number of aromatic nitrogens is 1. The third-order valence-corrected chi connectivity index (χ3v) is 3.32. The van der Waals surface area contributed by atoms with Gasteiger partial charge in [-0.05, 0) is 59.0 Å². The maximum atomic E-state index is 11.9. The lowest BCUT2D eigenvalue weighted by molar-refractivity contribution is 0.0696. The van der Waals surface area contributed by atoms with Crippen molar-refractivity contribution in [2.24, 2.45) is 0 Å². The van der Waals surface area contributed by atoms with E-state index in [0.29, 0.717) is 11.3 Å². The van der Waals surface area contributed by atoms with Crippen LogP contribution in [0.5, 0.6) is 0 Å². The molecule has 2 rings (SSSR count). The summed E-state index contributed by atoms with van der Waals surface area (Å²) in [5.41, 5.74) is 1.21. The first-order valence-corrected chi connectivity index (χ1v) is 6.86. The van der Waals surface area contributed by atoms with Gasteiger partial charge in [0, 0.05) is 15.3 Å². The molecule has 0 saturated heterocycles. The Hall–Kier alpha value is -1.96. The number of carboxylic acids is 1. The number of hydrogen-bond acceptors (Lipinski definition) is 3. The molecule has 0 spiro atoms. The van der Waals surface area contributed by atoms with Crippen molar-refractivity contribution in [3.63, 3.8) is 0 Å². The fourth-order valence-corrected chi connectivity index (χ4v) is 1.94. The lowest BCUT2D eigenvalue weighted by Gasteiger charge is -2.05. The Labute approximate surface area is 129 Å². The highest BCUT2D eigenvalue weighted by molar-refractivity contribution is 14.1. The van der Waals surface area contributed by atoms with Crippen LogP contribution >= 0.6 is 22.6 Å². The fourth-order valence-electron chi connectivity index (χ4n) is 1.58. The quantitative estimate of drug-likeness (QED) is 0.796. The number of aromatic carboxylic acids is 1.